The summed E-state index contributed by atoms with van der Waals surface area (Å²) in [5, 5.41) is 9.69. The molecule has 0 saturated heterocycles. The van der Waals surface area contributed by atoms with Gasteiger partial charge in [0.15, 0.2) is 0 Å². The molecule has 0 aromatic heterocycles. The molecule has 0 aliphatic carbocycles. The monoisotopic (exact) mass is 225 g/mol. The maximum absolute atomic E-state index is 13.6. The standard InChI is InChI=1S/C10H13BFNO3/c1-2-15-7-4-3-6(12)9-8(5-13)16-11(14)10(7)9/h3-4,8,14H,2,5,13H2,1H3. The Morgan fingerprint density at radius 2 is 2.38 bits per heavy atom. The normalized spacial score (nSPS) is 18.8. The van der Waals surface area contributed by atoms with Gasteiger partial charge in [0.1, 0.15) is 11.6 Å². The summed E-state index contributed by atoms with van der Waals surface area (Å²) in [4.78, 5) is 0. The molecule has 16 heavy (non-hydrogen) atoms. The fourth-order valence-electron chi connectivity index (χ4n) is 1.92. The summed E-state index contributed by atoms with van der Waals surface area (Å²) in [6.07, 6.45) is -0.606. The first kappa shape index (κ1) is 11.4. The molecule has 1 aliphatic rings. The largest absolute Gasteiger partial charge is 0.495 e. The predicted octanol–water partition coefficient (Wildman–Crippen LogP) is -0.0581. The molecule has 1 heterocycles. The van der Waals surface area contributed by atoms with Crippen molar-refractivity contribution >= 4 is 12.6 Å². The number of nitrogens with two attached hydrogens (primary N) is 1. The molecule has 0 amide bonds. The van der Waals surface area contributed by atoms with Gasteiger partial charge in [0.2, 0.25) is 0 Å². The minimum Gasteiger partial charge on any atom is -0.494 e. The van der Waals surface area contributed by atoms with Gasteiger partial charge >= 0.3 is 7.12 Å². The van der Waals surface area contributed by atoms with Gasteiger partial charge in [-0.2, -0.15) is 0 Å². The number of halogens is 1. The van der Waals surface area contributed by atoms with E-state index in [2.05, 4.69) is 0 Å². The molecule has 2 rings (SSSR count). The van der Waals surface area contributed by atoms with E-state index in [0.717, 1.165) is 0 Å². The van der Waals surface area contributed by atoms with Crippen LogP contribution in [0.2, 0.25) is 0 Å². The highest BCUT2D eigenvalue weighted by molar-refractivity contribution is 6.62. The van der Waals surface area contributed by atoms with Crippen molar-refractivity contribution in [2.45, 2.75) is 13.0 Å². The maximum atomic E-state index is 13.6. The molecule has 86 valence electrons. The lowest BCUT2D eigenvalue weighted by atomic mass is 9.78. The molecular formula is C10H13BFNO3. The van der Waals surface area contributed by atoms with Gasteiger partial charge in [-0.1, -0.05) is 0 Å². The average molecular weight is 225 g/mol. The summed E-state index contributed by atoms with van der Waals surface area (Å²) >= 11 is 0. The molecule has 6 heteroatoms. The molecule has 0 radical (unpaired) electrons. The summed E-state index contributed by atoms with van der Waals surface area (Å²) in [5.41, 5.74) is 6.13. The van der Waals surface area contributed by atoms with E-state index in [-0.39, 0.29) is 6.54 Å². The molecular weight excluding hydrogens is 212 g/mol. The molecule has 1 atom stereocenters. The number of benzene rings is 1. The minimum absolute atomic E-state index is 0.122. The second kappa shape index (κ2) is 4.41. The van der Waals surface area contributed by atoms with Gasteiger partial charge in [0.25, 0.3) is 0 Å². The Kier molecular flexibility index (Phi) is 3.14. The van der Waals surface area contributed by atoms with E-state index >= 15 is 0 Å². The first-order valence-electron chi connectivity index (χ1n) is 5.17. The van der Waals surface area contributed by atoms with Crippen molar-refractivity contribution < 1.29 is 18.8 Å². The van der Waals surface area contributed by atoms with Gasteiger partial charge in [-0.05, 0) is 19.1 Å². The Morgan fingerprint density at radius 3 is 3.00 bits per heavy atom. The van der Waals surface area contributed by atoms with Crippen molar-refractivity contribution in [2.24, 2.45) is 5.73 Å². The van der Waals surface area contributed by atoms with Gasteiger partial charge in [0.05, 0.1) is 12.7 Å². The predicted molar refractivity (Wildman–Crippen MR) is 58.1 cm³/mol. The fraction of sp³-hybridized carbons (Fsp3) is 0.400. The van der Waals surface area contributed by atoms with Crippen LogP contribution in [0.25, 0.3) is 0 Å². The van der Waals surface area contributed by atoms with Gasteiger partial charge in [-0.25, -0.2) is 4.39 Å². The highest BCUT2D eigenvalue weighted by Crippen LogP contribution is 2.29. The van der Waals surface area contributed by atoms with Crippen LogP contribution in [0.5, 0.6) is 5.75 Å². The van der Waals surface area contributed by atoms with E-state index in [9.17, 15) is 9.41 Å². The van der Waals surface area contributed by atoms with Crippen molar-refractivity contribution in [2.75, 3.05) is 13.2 Å². The zero-order valence-corrected chi connectivity index (χ0v) is 8.94. The Bertz CT molecular complexity index is 402. The Labute approximate surface area is 93.3 Å². The van der Waals surface area contributed by atoms with Crippen molar-refractivity contribution in [1.82, 2.24) is 0 Å². The Balaban J connectivity index is 2.52. The molecule has 1 aromatic carbocycles. The van der Waals surface area contributed by atoms with Crippen LogP contribution in [0, 0.1) is 5.82 Å². The lowest BCUT2D eigenvalue weighted by molar-refractivity contribution is 0.194. The van der Waals surface area contributed by atoms with Crippen molar-refractivity contribution in [3.63, 3.8) is 0 Å². The van der Waals surface area contributed by atoms with Crippen molar-refractivity contribution in [1.29, 1.82) is 0 Å². The number of rotatable bonds is 3. The SMILES string of the molecule is CCOc1ccc(F)c2c1B(O)OC2CN. The molecule has 0 saturated carbocycles. The second-order valence-corrected chi connectivity index (χ2v) is 3.52. The first-order chi connectivity index (χ1) is 7.69. The average Bonchev–Trinajstić information content (AvgIpc) is 2.61. The first-order valence-corrected chi connectivity index (χ1v) is 5.17. The third-order valence-electron chi connectivity index (χ3n) is 2.57. The third-order valence-corrected chi connectivity index (χ3v) is 2.57. The fourth-order valence-corrected chi connectivity index (χ4v) is 1.92. The highest BCUT2D eigenvalue weighted by atomic mass is 19.1. The molecule has 1 unspecified atom stereocenters. The molecule has 1 aromatic rings. The van der Waals surface area contributed by atoms with E-state index in [4.69, 9.17) is 15.1 Å². The van der Waals surface area contributed by atoms with Gasteiger partial charge in [0, 0.05) is 17.6 Å². The number of hydrogen-bond donors (Lipinski definition) is 2. The van der Waals surface area contributed by atoms with E-state index in [1.807, 2.05) is 6.92 Å². The van der Waals surface area contributed by atoms with Crippen LogP contribution in [0.1, 0.15) is 18.6 Å². The maximum Gasteiger partial charge on any atom is 0.495 e. The van der Waals surface area contributed by atoms with E-state index < -0.39 is 19.0 Å². The second-order valence-electron chi connectivity index (χ2n) is 3.52. The van der Waals surface area contributed by atoms with Crippen LogP contribution < -0.4 is 15.9 Å². The zero-order chi connectivity index (χ0) is 11.7. The highest BCUT2D eigenvalue weighted by Gasteiger charge is 2.39. The molecule has 0 bridgehead atoms. The smallest absolute Gasteiger partial charge is 0.494 e. The molecule has 0 spiro atoms. The molecule has 3 N–H and O–H groups in total. The summed E-state index contributed by atoms with van der Waals surface area (Å²) in [5.74, 6) is 0.0211. The van der Waals surface area contributed by atoms with Crippen LogP contribution in [-0.4, -0.2) is 25.3 Å². The van der Waals surface area contributed by atoms with E-state index in [0.29, 0.717) is 23.4 Å². The topological polar surface area (TPSA) is 64.7 Å². The van der Waals surface area contributed by atoms with Crippen LogP contribution in [-0.2, 0) is 4.65 Å². The van der Waals surface area contributed by atoms with Gasteiger partial charge < -0.3 is 20.1 Å². The third kappa shape index (κ3) is 1.69. The number of ether oxygens (including phenoxy) is 1. The Morgan fingerprint density at radius 1 is 1.62 bits per heavy atom. The summed E-state index contributed by atoms with van der Waals surface area (Å²) in [7, 11) is -1.17. The summed E-state index contributed by atoms with van der Waals surface area (Å²) in [6, 6.07) is 2.79. The molecule has 1 aliphatic heterocycles. The lowest BCUT2D eigenvalue weighted by Gasteiger charge is -2.11. The van der Waals surface area contributed by atoms with Gasteiger partial charge in [-0.15, -0.1) is 0 Å². The van der Waals surface area contributed by atoms with Crippen molar-refractivity contribution in [3.8, 4) is 5.75 Å². The van der Waals surface area contributed by atoms with Crippen LogP contribution >= 0.6 is 0 Å². The molecule has 0 fully saturated rings. The molecule has 4 nitrogen and oxygen atoms in total. The Hall–Kier alpha value is -1.11. The number of fused-ring (bicyclic) bond motifs is 1. The summed E-state index contributed by atoms with van der Waals surface area (Å²) in [6.45, 7) is 2.38. The van der Waals surface area contributed by atoms with Crippen LogP contribution in [0.15, 0.2) is 12.1 Å². The van der Waals surface area contributed by atoms with E-state index in [1.165, 1.54) is 12.1 Å². The lowest BCUT2D eigenvalue weighted by Crippen LogP contribution is -2.30. The number of hydrogen-bond acceptors (Lipinski definition) is 4. The van der Waals surface area contributed by atoms with Crippen LogP contribution in [0.4, 0.5) is 4.39 Å². The van der Waals surface area contributed by atoms with Crippen molar-refractivity contribution in [3.05, 3.63) is 23.5 Å². The van der Waals surface area contributed by atoms with Gasteiger partial charge in [-0.3, -0.25) is 0 Å². The summed E-state index contributed by atoms with van der Waals surface area (Å²) < 4.78 is 24.1. The van der Waals surface area contributed by atoms with Crippen LogP contribution in [0.3, 0.4) is 0 Å². The zero-order valence-electron chi connectivity index (χ0n) is 8.94. The minimum atomic E-state index is -1.17. The van der Waals surface area contributed by atoms with E-state index in [1.54, 1.807) is 0 Å². The quantitative estimate of drug-likeness (QED) is 0.707.